The second-order valence-electron chi connectivity index (χ2n) is 5.79. The Morgan fingerprint density at radius 2 is 1.78 bits per heavy atom. The molecule has 0 saturated heterocycles. The summed E-state index contributed by atoms with van der Waals surface area (Å²) in [6.07, 6.45) is 6.02. The maximum absolute atomic E-state index is 11.4. The molecule has 0 heterocycles. The number of rotatable bonds is 2. The number of Topliss-reactive ketones (excluding diaryl/α,β-unsaturated/α-hetero) is 1. The van der Waals surface area contributed by atoms with Gasteiger partial charge in [-0.15, -0.1) is 0 Å². The van der Waals surface area contributed by atoms with Gasteiger partial charge in [-0.25, -0.2) is 0 Å². The molecule has 2 aliphatic rings. The molecule has 0 aliphatic heterocycles. The van der Waals surface area contributed by atoms with Gasteiger partial charge < -0.3 is 5.11 Å². The molecule has 2 nitrogen and oxygen atoms in total. The quantitative estimate of drug-likeness (QED) is 0.866. The van der Waals surface area contributed by atoms with Gasteiger partial charge in [-0.2, -0.15) is 0 Å². The highest BCUT2D eigenvalue weighted by Crippen LogP contribution is 2.44. The van der Waals surface area contributed by atoms with Gasteiger partial charge in [0.1, 0.15) is 5.78 Å². The van der Waals surface area contributed by atoms with Gasteiger partial charge >= 0.3 is 0 Å². The van der Waals surface area contributed by atoms with Gasteiger partial charge in [-0.3, -0.25) is 4.79 Å². The van der Waals surface area contributed by atoms with Crippen LogP contribution in [0.1, 0.15) is 62.0 Å². The Morgan fingerprint density at radius 3 is 2.39 bits per heavy atom. The van der Waals surface area contributed by atoms with Crippen LogP contribution in [0.15, 0.2) is 24.3 Å². The zero-order valence-corrected chi connectivity index (χ0v) is 10.7. The van der Waals surface area contributed by atoms with E-state index >= 15 is 0 Å². The molecule has 0 amide bonds. The van der Waals surface area contributed by atoms with E-state index in [1.54, 1.807) is 0 Å². The largest absolute Gasteiger partial charge is 0.385 e. The second kappa shape index (κ2) is 4.51. The van der Waals surface area contributed by atoms with Crippen LogP contribution in [0.4, 0.5) is 0 Å². The predicted octanol–water partition coefficient (Wildman–Crippen LogP) is 3.28. The summed E-state index contributed by atoms with van der Waals surface area (Å²) in [7, 11) is 0. The van der Waals surface area contributed by atoms with Crippen molar-refractivity contribution < 1.29 is 9.90 Å². The van der Waals surface area contributed by atoms with Crippen LogP contribution in [-0.2, 0) is 10.4 Å². The fourth-order valence-corrected chi connectivity index (χ4v) is 3.21. The van der Waals surface area contributed by atoms with Crippen molar-refractivity contribution in [1.29, 1.82) is 0 Å². The zero-order chi connectivity index (χ0) is 12.6. The molecule has 96 valence electrons. The number of benzene rings is 1. The van der Waals surface area contributed by atoms with Gasteiger partial charge in [0.25, 0.3) is 0 Å². The van der Waals surface area contributed by atoms with Crippen LogP contribution in [-0.4, -0.2) is 10.9 Å². The SMILES string of the molecule is O=C1CCC(O)(c2ccccc2C2CCC2)CC1. The number of hydrogen-bond acceptors (Lipinski definition) is 2. The van der Waals surface area contributed by atoms with Crippen molar-refractivity contribution >= 4 is 5.78 Å². The average molecular weight is 244 g/mol. The maximum atomic E-state index is 11.4. The highest BCUT2D eigenvalue weighted by atomic mass is 16.3. The maximum Gasteiger partial charge on any atom is 0.133 e. The van der Waals surface area contributed by atoms with Crippen molar-refractivity contribution in [3.63, 3.8) is 0 Å². The van der Waals surface area contributed by atoms with Crippen LogP contribution in [0.2, 0.25) is 0 Å². The molecule has 2 heteroatoms. The Morgan fingerprint density at radius 1 is 1.11 bits per heavy atom. The minimum atomic E-state index is -0.764. The van der Waals surface area contributed by atoms with Gasteiger partial charge in [0, 0.05) is 12.8 Å². The summed E-state index contributed by atoms with van der Waals surface area (Å²) in [5, 5.41) is 10.9. The molecule has 1 aromatic carbocycles. The molecule has 3 rings (SSSR count). The summed E-state index contributed by atoms with van der Waals surface area (Å²) in [4.78, 5) is 11.4. The Labute approximate surface area is 108 Å². The van der Waals surface area contributed by atoms with Crippen molar-refractivity contribution in [3.05, 3.63) is 35.4 Å². The van der Waals surface area contributed by atoms with Crippen LogP contribution in [0.5, 0.6) is 0 Å². The number of carbonyl (C=O) groups is 1. The number of ketones is 1. The first-order valence-corrected chi connectivity index (χ1v) is 7.02. The molecule has 0 unspecified atom stereocenters. The lowest BCUT2D eigenvalue weighted by Crippen LogP contribution is -2.33. The van der Waals surface area contributed by atoms with E-state index in [4.69, 9.17) is 0 Å². The zero-order valence-electron chi connectivity index (χ0n) is 10.7. The van der Waals surface area contributed by atoms with Crippen LogP contribution in [0.3, 0.4) is 0 Å². The molecule has 0 aromatic heterocycles. The Bertz CT molecular complexity index is 450. The lowest BCUT2D eigenvalue weighted by Gasteiger charge is -2.37. The number of hydrogen-bond donors (Lipinski definition) is 1. The van der Waals surface area contributed by atoms with E-state index in [0.717, 1.165) is 5.56 Å². The number of aliphatic hydroxyl groups is 1. The molecule has 2 aliphatic carbocycles. The van der Waals surface area contributed by atoms with Crippen molar-refractivity contribution in [3.8, 4) is 0 Å². The van der Waals surface area contributed by atoms with Gasteiger partial charge in [0.05, 0.1) is 5.60 Å². The summed E-state index contributed by atoms with van der Waals surface area (Å²) in [6, 6.07) is 8.29. The molecule has 18 heavy (non-hydrogen) atoms. The third kappa shape index (κ3) is 1.99. The highest BCUT2D eigenvalue weighted by molar-refractivity contribution is 5.79. The van der Waals surface area contributed by atoms with Gasteiger partial charge in [-0.05, 0) is 42.7 Å². The lowest BCUT2D eigenvalue weighted by molar-refractivity contribution is -0.125. The van der Waals surface area contributed by atoms with E-state index in [1.165, 1.54) is 24.8 Å². The van der Waals surface area contributed by atoms with Crippen LogP contribution in [0, 0.1) is 0 Å². The molecular formula is C16H20O2. The van der Waals surface area contributed by atoms with Crippen molar-refractivity contribution in [2.75, 3.05) is 0 Å². The van der Waals surface area contributed by atoms with Crippen LogP contribution in [0.25, 0.3) is 0 Å². The highest BCUT2D eigenvalue weighted by Gasteiger charge is 2.37. The van der Waals surface area contributed by atoms with Crippen molar-refractivity contribution in [2.45, 2.75) is 56.5 Å². The normalized spacial score (nSPS) is 23.7. The molecule has 0 spiro atoms. The summed E-state index contributed by atoms with van der Waals surface area (Å²) < 4.78 is 0. The van der Waals surface area contributed by atoms with E-state index in [1.807, 2.05) is 6.07 Å². The molecule has 0 bridgehead atoms. The molecule has 2 fully saturated rings. The first-order chi connectivity index (χ1) is 8.69. The van der Waals surface area contributed by atoms with Gasteiger partial charge in [0.2, 0.25) is 0 Å². The van der Waals surface area contributed by atoms with Gasteiger partial charge in [0.15, 0.2) is 0 Å². The average Bonchev–Trinajstić information content (AvgIpc) is 2.32. The fraction of sp³-hybridized carbons (Fsp3) is 0.562. The Balaban J connectivity index is 1.93. The van der Waals surface area contributed by atoms with Crippen LogP contribution >= 0.6 is 0 Å². The summed E-state index contributed by atoms with van der Waals surface area (Å²) >= 11 is 0. The molecule has 1 N–H and O–H groups in total. The summed E-state index contributed by atoms with van der Waals surface area (Å²) in [6.45, 7) is 0. The molecule has 2 saturated carbocycles. The molecule has 0 radical (unpaired) electrons. The van der Waals surface area contributed by atoms with E-state index in [9.17, 15) is 9.90 Å². The van der Waals surface area contributed by atoms with E-state index in [0.29, 0.717) is 37.4 Å². The summed E-state index contributed by atoms with van der Waals surface area (Å²) in [5.41, 5.74) is 1.64. The third-order valence-electron chi connectivity index (χ3n) is 4.64. The van der Waals surface area contributed by atoms with E-state index in [2.05, 4.69) is 18.2 Å². The smallest absolute Gasteiger partial charge is 0.133 e. The minimum Gasteiger partial charge on any atom is -0.385 e. The lowest BCUT2D eigenvalue weighted by atomic mass is 9.71. The standard InChI is InChI=1S/C16H20O2/c17-13-8-10-16(18,11-9-13)15-7-2-1-6-14(15)12-4-3-5-12/h1-2,6-7,12,18H,3-5,8-11H2. The Kier molecular flexibility index (Phi) is 2.98. The Hall–Kier alpha value is -1.15. The first kappa shape index (κ1) is 11.9. The molecule has 0 atom stereocenters. The fourth-order valence-electron chi connectivity index (χ4n) is 3.21. The monoisotopic (exact) mass is 244 g/mol. The predicted molar refractivity (Wildman–Crippen MR) is 70.4 cm³/mol. The van der Waals surface area contributed by atoms with Crippen molar-refractivity contribution in [1.82, 2.24) is 0 Å². The third-order valence-corrected chi connectivity index (χ3v) is 4.64. The molecular weight excluding hydrogens is 224 g/mol. The first-order valence-electron chi connectivity index (χ1n) is 7.02. The number of carbonyl (C=O) groups excluding carboxylic acids is 1. The van der Waals surface area contributed by atoms with Crippen LogP contribution < -0.4 is 0 Å². The van der Waals surface area contributed by atoms with E-state index < -0.39 is 5.60 Å². The van der Waals surface area contributed by atoms with E-state index in [-0.39, 0.29) is 0 Å². The van der Waals surface area contributed by atoms with Gasteiger partial charge in [-0.1, -0.05) is 30.7 Å². The molecule has 1 aromatic rings. The summed E-state index contributed by atoms with van der Waals surface area (Å²) in [5.74, 6) is 0.920. The van der Waals surface area contributed by atoms with Crippen molar-refractivity contribution in [2.24, 2.45) is 0 Å². The minimum absolute atomic E-state index is 0.292. The topological polar surface area (TPSA) is 37.3 Å². The second-order valence-corrected chi connectivity index (χ2v) is 5.79.